The topological polar surface area (TPSA) is 187 Å². The SMILES string of the molecule is CNC(=O)[C@@H](NC(=O)[C@H](CC(C)C)[C@H](NS(=O)(=O)c1cccc2c(=O)[nH]cnc12)C(=O)O)C(C)(C)C. The maximum absolute atomic E-state index is 13.3. The first-order valence-corrected chi connectivity index (χ1v) is 12.8. The van der Waals surface area contributed by atoms with Crippen LogP contribution in [0.1, 0.15) is 41.0 Å². The molecule has 0 radical (unpaired) electrons. The van der Waals surface area contributed by atoms with E-state index in [1.165, 1.54) is 25.2 Å². The lowest BCUT2D eigenvalue weighted by molar-refractivity contribution is -0.144. The molecule has 1 heterocycles. The number of para-hydroxylation sites is 1. The second-order valence-corrected chi connectivity index (χ2v) is 11.7. The molecule has 0 aliphatic rings. The summed E-state index contributed by atoms with van der Waals surface area (Å²) in [5.74, 6) is -4.36. The summed E-state index contributed by atoms with van der Waals surface area (Å²) < 4.78 is 28.7. The number of sulfonamides is 1. The molecule has 0 saturated heterocycles. The Hall–Kier alpha value is -3.32. The number of hydrogen-bond acceptors (Lipinski definition) is 7. The van der Waals surface area contributed by atoms with Gasteiger partial charge in [0.1, 0.15) is 17.0 Å². The minimum Gasteiger partial charge on any atom is -0.480 e. The van der Waals surface area contributed by atoms with Crippen molar-refractivity contribution in [1.82, 2.24) is 25.3 Å². The first kappa shape index (κ1) is 28.9. The monoisotopic (exact) mass is 523 g/mol. The van der Waals surface area contributed by atoms with E-state index in [-0.39, 0.29) is 23.2 Å². The lowest BCUT2D eigenvalue weighted by Gasteiger charge is -2.33. The van der Waals surface area contributed by atoms with Crippen LogP contribution in [0.3, 0.4) is 0 Å². The predicted molar refractivity (Wildman–Crippen MR) is 133 cm³/mol. The molecule has 13 heteroatoms. The molecular formula is C23H33N5O7S. The van der Waals surface area contributed by atoms with E-state index < -0.39 is 61.7 Å². The van der Waals surface area contributed by atoms with E-state index in [4.69, 9.17) is 0 Å². The number of carboxylic acid groups (broad SMARTS) is 1. The highest BCUT2D eigenvalue weighted by Gasteiger charge is 2.41. The molecule has 0 spiro atoms. The first-order valence-electron chi connectivity index (χ1n) is 11.3. The fourth-order valence-electron chi connectivity index (χ4n) is 3.80. The summed E-state index contributed by atoms with van der Waals surface area (Å²) in [7, 11) is -3.13. The third kappa shape index (κ3) is 6.66. The number of hydrogen-bond donors (Lipinski definition) is 5. The second-order valence-electron chi connectivity index (χ2n) is 9.98. The molecule has 2 amide bonds. The molecule has 1 aromatic carbocycles. The van der Waals surface area contributed by atoms with Crippen molar-refractivity contribution in [2.24, 2.45) is 17.3 Å². The highest BCUT2D eigenvalue weighted by Crippen LogP contribution is 2.24. The molecule has 0 aliphatic carbocycles. The van der Waals surface area contributed by atoms with Crippen molar-refractivity contribution in [3.63, 3.8) is 0 Å². The van der Waals surface area contributed by atoms with Crippen molar-refractivity contribution in [3.8, 4) is 0 Å². The number of aliphatic carboxylic acids is 1. The average Bonchev–Trinajstić information content (AvgIpc) is 2.77. The van der Waals surface area contributed by atoms with Gasteiger partial charge >= 0.3 is 5.97 Å². The lowest BCUT2D eigenvalue weighted by Crippen LogP contribution is -2.58. The molecule has 2 rings (SSSR count). The highest BCUT2D eigenvalue weighted by molar-refractivity contribution is 7.89. The van der Waals surface area contributed by atoms with Gasteiger partial charge in [-0.1, -0.05) is 40.7 Å². The van der Waals surface area contributed by atoms with Gasteiger partial charge in [0, 0.05) is 7.05 Å². The summed E-state index contributed by atoms with van der Waals surface area (Å²) in [5.41, 5.74) is -1.42. The van der Waals surface area contributed by atoms with Crippen LogP contribution in [0.2, 0.25) is 0 Å². The predicted octanol–water partition coefficient (Wildman–Crippen LogP) is 0.594. The van der Waals surface area contributed by atoms with Crippen molar-refractivity contribution >= 4 is 38.7 Å². The summed E-state index contributed by atoms with van der Waals surface area (Å²) in [5, 5.41) is 15.0. The van der Waals surface area contributed by atoms with E-state index in [2.05, 4.69) is 25.3 Å². The average molecular weight is 524 g/mol. The minimum absolute atomic E-state index is 0.00215. The van der Waals surface area contributed by atoms with E-state index in [1.54, 1.807) is 34.6 Å². The fraction of sp³-hybridized carbons (Fsp3) is 0.522. The van der Waals surface area contributed by atoms with Crippen molar-refractivity contribution in [1.29, 1.82) is 0 Å². The number of amides is 2. The summed E-state index contributed by atoms with van der Waals surface area (Å²) in [6, 6.07) is 1.05. The van der Waals surface area contributed by atoms with Gasteiger partial charge < -0.3 is 20.7 Å². The van der Waals surface area contributed by atoms with Gasteiger partial charge in [-0.25, -0.2) is 13.4 Å². The van der Waals surface area contributed by atoms with Crippen LogP contribution in [-0.4, -0.2) is 60.4 Å². The number of aromatic nitrogens is 2. The number of carboxylic acids is 1. The summed E-state index contributed by atoms with van der Waals surface area (Å²) in [4.78, 5) is 56.0. The van der Waals surface area contributed by atoms with Gasteiger partial charge in [0.15, 0.2) is 0 Å². The van der Waals surface area contributed by atoms with E-state index in [0.29, 0.717) is 0 Å². The van der Waals surface area contributed by atoms with E-state index in [0.717, 1.165) is 6.33 Å². The molecule has 3 atom stereocenters. The number of fused-ring (bicyclic) bond motifs is 1. The van der Waals surface area contributed by atoms with Gasteiger partial charge in [0.25, 0.3) is 5.56 Å². The van der Waals surface area contributed by atoms with E-state index >= 15 is 0 Å². The number of carbonyl (C=O) groups is 3. The third-order valence-electron chi connectivity index (χ3n) is 5.60. The number of nitrogens with zero attached hydrogens (tertiary/aromatic N) is 1. The Labute approximate surface area is 209 Å². The maximum Gasteiger partial charge on any atom is 0.322 e. The second kappa shape index (κ2) is 11.2. The fourth-order valence-corrected chi connectivity index (χ4v) is 5.20. The lowest BCUT2D eigenvalue weighted by atomic mass is 9.84. The van der Waals surface area contributed by atoms with Crippen molar-refractivity contribution in [2.45, 2.75) is 58.0 Å². The molecule has 36 heavy (non-hydrogen) atoms. The Morgan fingerprint density at radius 3 is 2.31 bits per heavy atom. The molecule has 0 fully saturated rings. The number of rotatable bonds is 10. The van der Waals surface area contributed by atoms with Gasteiger partial charge in [0.2, 0.25) is 21.8 Å². The molecule has 0 saturated carbocycles. The number of aromatic amines is 1. The van der Waals surface area contributed by atoms with Crippen molar-refractivity contribution in [3.05, 3.63) is 34.9 Å². The van der Waals surface area contributed by atoms with Crippen LogP contribution in [0.4, 0.5) is 0 Å². The Morgan fingerprint density at radius 1 is 1.14 bits per heavy atom. The zero-order valence-corrected chi connectivity index (χ0v) is 21.9. The van der Waals surface area contributed by atoms with E-state index in [9.17, 15) is 32.7 Å². The van der Waals surface area contributed by atoms with Gasteiger partial charge in [-0.3, -0.25) is 19.2 Å². The molecular weight excluding hydrogens is 490 g/mol. The molecule has 12 nitrogen and oxygen atoms in total. The molecule has 1 aromatic heterocycles. The molecule has 198 valence electrons. The van der Waals surface area contributed by atoms with E-state index in [1.807, 2.05) is 0 Å². The zero-order chi connectivity index (χ0) is 27.4. The first-order chi connectivity index (χ1) is 16.6. The Balaban J connectivity index is 2.52. The summed E-state index contributed by atoms with van der Waals surface area (Å²) in [6.45, 7) is 8.72. The van der Waals surface area contributed by atoms with Crippen molar-refractivity contribution < 1.29 is 27.9 Å². The Bertz CT molecular complexity index is 1300. The Morgan fingerprint density at radius 2 is 1.78 bits per heavy atom. The van der Waals surface area contributed by atoms with Gasteiger partial charge in [0.05, 0.1) is 23.1 Å². The normalized spacial score (nSPS) is 14.8. The van der Waals surface area contributed by atoms with Crippen LogP contribution < -0.4 is 20.9 Å². The van der Waals surface area contributed by atoms with Gasteiger partial charge in [-0.2, -0.15) is 4.72 Å². The smallest absolute Gasteiger partial charge is 0.322 e. The molecule has 5 N–H and O–H groups in total. The maximum atomic E-state index is 13.3. The summed E-state index contributed by atoms with van der Waals surface area (Å²) in [6.07, 6.45) is 1.06. The van der Waals surface area contributed by atoms with Gasteiger partial charge in [-0.05, 0) is 29.9 Å². The number of likely N-dealkylation sites (N-methyl/N-ethyl adjacent to an activating group) is 1. The van der Waals surface area contributed by atoms with Gasteiger partial charge in [-0.15, -0.1) is 0 Å². The zero-order valence-electron chi connectivity index (χ0n) is 21.1. The number of benzene rings is 1. The van der Waals surface area contributed by atoms with Crippen LogP contribution in [0, 0.1) is 17.3 Å². The number of carbonyl (C=O) groups excluding carboxylic acids is 2. The third-order valence-corrected chi connectivity index (χ3v) is 7.07. The quantitative estimate of drug-likeness (QED) is 0.299. The van der Waals surface area contributed by atoms with Crippen molar-refractivity contribution in [2.75, 3.05) is 7.05 Å². The van der Waals surface area contributed by atoms with Crippen LogP contribution >= 0.6 is 0 Å². The van der Waals surface area contributed by atoms with Crippen LogP contribution in [-0.2, 0) is 24.4 Å². The van der Waals surface area contributed by atoms with Crippen LogP contribution in [0.25, 0.3) is 10.9 Å². The summed E-state index contributed by atoms with van der Waals surface area (Å²) >= 11 is 0. The molecule has 2 aromatic rings. The molecule has 0 aliphatic heterocycles. The molecule has 0 bridgehead atoms. The van der Waals surface area contributed by atoms with Crippen LogP contribution in [0.5, 0.6) is 0 Å². The number of nitrogens with one attached hydrogen (secondary N) is 4. The van der Waals surface area contributed by atoms with Crippen LogP contribution in [0.15, 0.2) is 34.2 Å². The Kier molecular flexibility index (Phi) is 8.97. The minimum atomic E-state index is -4.55. The molecule has 0 unspecified atom stereocenters. The number of H-pyrrole nitrogens is 1. The standard InChI is InChI=1S/C23H33N5O7S/c1-12(2)10-14(20(30)27-18(21(31)24-6)23(3,4)5)17(22(32)33)28-36(34,35)15-9-7-8-13-16(15)25-11-26-19(13)29/h7-9,11-12,14,17-18,28H,10H2,1-6H3,(H,24,31)(H,27,30)(H,32,33)(H,25,26,29)/t14-,17+,18-/m1/s1. The highest BCUT2D eigenvalue weighted by atomic mass is 32.2. The largest absolute Gasteiger partial charge is 0.480 e.